The van der Waals surface area contributed by atoms with Crippen molar-refractivity contribution < 1.29 is 18.7 Å². The molecule has 0 bridgehead atoms. The molecule has 9 heteroatoms. The molecule has 0 aliphatic heterocycles. The van der Waals surface area contributed by atoms with Crippen LogP contribution in [-0.2, 0) is 7.05 Å². The van der Waals surface area contributed by atoms with Gasteiger partial charge in [0.05, 0.1) is 6.61 Å². The van der Waals surface area contributed by atoms with Crippen molar-refractivity contribution in [2.75, 3.05) is 11.9 Å². The second kappa shape index (κ2) is 9.40. The quantitative estimate of drug-likeness (QED) is 0.551. The van der Waals surface area contributed by atoms with Crippen molar-refractivity contribution in [2.24, 2.45) is 7.05 Å². The van der Waals surface area contributed by atoms with Gasteiger partial charge >= 0.3 is 6.03 Å². The van der Waals surface area contributed by atoms with Crippen molar-refractivity contribution in [2.45, 2.75) is 33.1 Å². The van der Waals surface area contributed by atoms with Gasteiger partial charge in [0, 0.05) is 24.5 Å². The zero-order valence-electron chi connectivity index (χ0n) is 15.5. The molecule has 0 saturated carbocycles. The molecule has 2 aromatic rings. The van der Waals surface area contributed by atoms with Gasteiger partial charge in [0.1, 0.15) is 0 Å². The zero-order chi connectivity index (χ0) is 20.0. The summed E-state index contributed by atoms with van der Waals surface area (Å²) in [4.78, 5) is 24.4. The lowest BCUT2D eigenvalue weighted by Crippen LogP contribution is -2.33. The Morgan fingerprint density at radius 3 is 2.67 bits per heavy atom. The van der Waals surface area contributed by atoms with E-state index in [9.17, 15) is 14.0 Å². The van der Waals surface area contributed by atoms with Crippen LogP contribution >= 0.6 is 12.8 Å². The third-order valence-corrected chi connectivity index (χ3v) is 4.27. The highest BCUT2D eigenvalue weighted by Crippen LogP contribution is 2.22. The van der Waals surface area contributed by atoms with Crippen LogP contribution in [0.3, 0.4) is 0 Å². The molecule has 27 heavy (non-hydrogen) atoms. The number of aryl methyl sites for hydroxylation is 2. The third kappa shape index (κ3) is 5.46. The van der Waals surface area contributed by atoms with E-state index in [1.54, 1.807) is 20.0 Å². The molecule has 0 aliphatic rings. The highest BCUT2D eigenvalue weighted by Gasteiger charge is 2.23. The molecule has 1 heterocycles. The normalized spacial score (nSPS) is 10.6. The van der Waals surface area contributed by atoms with Crippen LogP contribution in [-0.4, -0.2) is 32.6 Å². The number of anilines is 1. The lowest BCUT2D eigenvalue weighted by Gasteiger charge is -2.14. The molecule has 1 N–H and O–H groups in total. The number of hydrogen-bond donors (Lipinski definition) is 2. The molecule has 1 aromatic carbocycles. The average molecular weight is 394 g/mol. The third-order valence-electron chi connectivity index (χ3n) is 3.91. The fraction of sp³-hybridized carbons (Fsp3) is 0.389. The first-order valence-electron chi connectivity index (χ1n) is 8.60. The van der Waals surface area contributed by atoms with Crippen molar-refractivity contribution in [1.82, 2.24) is 14.1 Å². The molecule has 2 rings (SSSR count). The molecule has 0 spiro atoms. The van der Waals surface area contributed by atoms with Gasteiger partial charge in [0.2, 0.25) is 0 Å². The van der Waals surface area contributed by atoms with E-state index in [-0.39, 0.29) is 17.1 Å². The standard InChI is InChI=1S/C18H23FN4O3S/c1-4-5-6-9-26-16-8-7-13(11-14(16)19)20-18(25)23(27)17(24)15-10-12(2)22(3)21-15/h7-8,10-11,27H,4-6,9H2,1-3H3,(H,20,25). The van der Waals surface area contributed by atoms with E-state index in [2.05, 4.69) is 30.2 Å². The molecule has 3 amide bonds. The monoisotopic (exact) mass is 394 g/mol. The molecule has 0 radical (unpaired) electrons. The molecule has 0 atom stereocenters. The van der Waals surface area contributed by atoms with Gasteiger partial charge in [-0.05, 0) is 31.5 Å². The number of rotatable bonds is 7. The minimum atomic E-state index is -0.817. The van der Waals surface area contributed by atoms with Gasteiger partial charge in [-0.2, -0.15) is 5.10 Å². The number of urea groups is 1. The number of aromatic nitrogens is 2. The molecule has 0 aliphatic carbocycles. The van der Waals surface area contributed by atoms with Crippen LogP contribution in [0.1, 0.15) is 42.4 Å². The van der Waals surface area contributed by atoms with E-state index in [0.717, 1.165) is 31.0 Å². The Morgan fingerprint density at radius 1 is 1.33 bits per heavy atom. The molecule has 1 aromatic heterocycles. The number of nitrogens with one attached hydrogen (secondary N) is 1. The Labute approximate surface area is 163 Å². The predicted octanol–water partition coefficient (Wildman–Crippen LogP) is 3.96. The van der Waals surface area contributed by atoms with Gasteiger partial charge in [0.25, 0.3) is 5.91 Å². The molecule has 0 saturated heterocycles. The maximum atomic E-state index is 14.1. The van der Waals surface area contributed by atoms with Gasteiger partial charge in [-0.1, -0.05) is 32.6 Å². The zero-order valence-corrected chi connectivity index (χ0v) is 16.4. The number of hydrogen-bond acceptors (Lipinski definition) is 5. The fourth-order valence-electron chi connectivity index (χ4n) is 2.27. The lowest BCUT2D eigenvalue weighted by molar-refractivity contribution is 0.0896. The number of amides is 3. The Hall–Kier alpha value is -2.55. The van der Waals surface area contributed by atoms with Crippen LogP contribution in [0.15, 0.2) is 24.3 Å². The second-order valence-corrected chi connectivity index (χ2v) is 6.44. The lowest BCUT2D eigenvalue weighted by atomic mass is 10.2. The minimum Gasteiger partial charge on any atom is -0.491 e. The summed E-state index contributed by atoms with van der Waals surface area (Å²) in [5.41, 5.74) is 1.03. The number of benzene rings is 1. The van der Waals surface area contributed by atoms with Gasteiger partial charge in [0.15, 0.2) is 17.3 Å². The van der Waals surface area contributed by atoms with Crippen molar-refractivity contribution in [3.8, 4) is 5.75 Å². The summed E-state index contributed by atoms with van der Waals surface area (Å²) in [6.45, 7) is 4.28. The average Bonchev–Trinajstić information content (AvgIpc) is 2.97. The van der Waals surface area contributed by atoms with E-state index in [1.165, 1.54) is 16.8 Å². The van der Waals surface area contributed by atoms with Crippen molar-refractivity contribution in [1.29, 1.82) is 0 Å². The van der Waals surface area contributed by atoms with Crippen LogP contribution in [0.4, 0.5) is 14.9 Å². The van der Waals surface area contributed by atoms with Gasteiger partial charge < -0.3 is 10.1 Å². The Kier molecular flexibility index (Phi) is 7.23. The summed E-state index contributed by atoms with van der Waals surface area (Å²) in [5, 5.41) is 6.43. The summed E-state index contributed by atoms with van der Waals surface area (Å²) in [5.74, 6) is -1.16. The van der Waals surface area contributed by atoms with Crippen molar-refractivity contribution >= 4 is 30.4 Å². The van der Waals surface area contributed by atoms with E-state index in [0.29, 0.717) is 10.9 Å². The number of halogens is 1. The van der Waals surface area contributed by atoms with Crippen LogP contribution < -0.4 is 10.1 Å². The largest absolute Gasteiger partial charge is 0.491 e. The molecular weight excluding hydrogens is 371 g/mol. The molecule has 146 valence electrons. The second-order valence-electron chi connectivity index (χ2n) is 6.04. The summed E-state index contributed by atoms with van der Waals surface area (Å²) in [6, 6.07) is 4.78. The topological polar surface area (TPSA) is 76.5 Å². The van der Waals surface area contributed by atoms with E-state index < -0.39 is 17.8 Å². The number of nitrogens with zero attached hydrogens (tertiary/aromatic N) is 3. The van der Waals surface area contributed by atoms with Crippen LogP contribution in [0.25, 0.3) is 0 Å². The molecule has 7 nitrogen and oxygen atoms in total. The molecule has 0 fully saturated rings. The van der Waals surface area contributed by atoms with Gasteiger partial charge in [-0.3, -0.25) is 9.48 Å². The van der Waals surface area contributed by atoms with E-state index in [1.807, 2.05) is 0 Å². The van der Waals surface area contributed by atoms with Crippen molar-refractivity contribution in [3.05, 3.63) is 41.5 Å². The maximum Gasteiger partial charge on any atom is 0.339 e. The first-order valence-corrected chi connectivity index (χ1v) is 9.00. The summed E-state index contributed by atoms with van der Waals surface area (Å²) in [7, 11) is 1.68. The first-order chi connectivity index (χ1) is 12.8. The summed E-state index contributed by atoms with van der Waals surface area (Å²) in [6.07, 6.45) is 2.91. The van der Waals surface area contributed by atoms with Crippen molar-refractivity contribution in [3.63, 3.8) is 0 Å². The van der Waals surface area contributed by atoms with E-state index in [4.69, 9.17) is 4.74 Å². The maximum absolute atomic E-state index is 14.1. The number of ether oxygens (including phenoxy) is 1. The number of thiol groups is 1. The fourth-order valence-corrected chi connectivity index (χ4v) is 2.42. The minimum absolute atomic E-state index is 0.0853. The molecular formula is C18H23FN4O3S. The van der Waals surface area contributed by atoms with Crippen LogP contribution in [0, 0.1) is 12.7 Å². The highest BCUT2D eigenvalue weighted by molar-refractivity contribution is 7.79. The number of imide groups is 1. The molecule has 0 unspecified atom stereocenters. The van der Waals surface area contributed by atoms with E-state index >= 15 is 0 Å². The first kappa shape index (κ1) is 20.8. The Bertz CT molecular complexity index is 805. The Morgan fingerprint density at radius 2 is 2.07 bits per heavy atom. The SMILES string of the molecule is CCCCCOc1ccc(NC(=O)N(S)C(=O)c2cc(C)n(C)n2)cc1F. The highest BCUT2D eigenvalue weighted by atomic mass is 32.1. The van der Waals surface area contributed by atoms with Gasteiger partial charge in [-0.25, -0.2) is 13.5 Å². The van der Waals surface area contributed by atoms with Crippen LogP contribution in [0.5, 0.6) is 5.75 Å². The summed E-state index contributed by atoms with van der Waals surface area (Å²) >= 11 is 3.92. The Balaban J connectivity index is 1.98. The number of carbonyl (C=O) groups is 2. The smallest absolute Gasteiger partial charge is 0.339 e. The predicted molar refractivity (Wildman–Crippen MR) is 104 cm³/mol. The van der Waals surface area contributed by atoms with Gasteiger partial charge in [-0.15, -0.1) is 0 Å². The number of unbranched alkanes of at least 4 members (excludes halogenated alkanes) is 2. The van der Waals surface area contributed by atoms with Crippen LogP contribution in [0.2, 0.25) is 0 Å². The number of carbonyl (C=O) groups excluding carboxylic acids is 2. The summed E-state index contributed by atoms with van der Waals surface area (Å²) < 4.78 is 21.6.